The van der Waals surface area contributed by atoms with Gasteiger partial charge in [0.1, 0.15) is 60.6 Å². The number of aromatic amines is 1. The van der Waals surface area contributed by atoms with Gasteiger partial charge >= 0.3 is 19.3 Å². The Bertz CT molecular complexity index is 3470. The molecule has 3 fully saturated rings. The Hall–Kier alpha value is -6.40. The molecule has 0 amide bonds. The van der Waals surface area contributed by atoms with Crippen LogP contribution in [0, 0.1) is 0 Å². The van der Waals surface area contributed by atoms with E-state index in [9.17, 15) is 29.1 Å². The molecule has 26 heteroatoms. The van der Waals surface area contributed by atoms with Crippen molar-refractivity contribution in [3.63, 3.8) is 0 Å². The second-order valence-electron chi connectivity index (χ2n) is 17.3. The van der Waals surface area contributed by atoms with Gasteiger partial charge in [-0.25, -0.2) is 28.9 Å². The van der Waals surface area contributed by atoms with Crippen LogP contribution in [0.1, 0.15) is 72.2 Å². The number of anilines is 1. The van der Waals surface area contributed by atoms with Gasteiger partial charge in [0, 0.05) is 65.1 Å². The second kappa shape index (κ2) is 22.1. The van der Waals surface area contributed by atoms with Crippen LogP contribution in [-0.2, 0) is 52.9 Å². The molecule has 0 aliphatic carbocycles. The van der Waals surface area contributed by atoms with Crippen molar-refractivity contribution in [3.8, 4) is 5.75 Å². The first-order chi connectivity index (χ1) is 36.2. The zero-order valence-corrected chi connectivity index (χ0v) is 42.8. The average molecular weight is 1100 g/mol. The quantitative estimate of drug-likeness (QED) is 0.0559. The summed E-state index contributed by atoms with van der Waals surface area (Å²) < 4.78 is 78.0. The number of hydrogen-bond donors (Lipinski definition) is 3. The van der Waals surface area contributed by atoms with Gasteiger partial charge in [-0.1, -0.05) is 72.8 Å². The van der Waals surface area contributed by atoms with E-state index in [1.807, 2.05) is 0 Å². The smallest absolute Gasteiger partial charge is 0.390 e. The number of ketones is 2. The molecule has 388 valence electrons. The second-order valence-corrected chi connectivity index (χ2v) is 25.4. The van der Waals surface area contributed by atoms with Gasteiger partial charge in [0.2, 0.25) is 0 Å². The highest BCUT2D eigenvalue weighted by Crippen LogP contribution is 2.67. The summed E-state index contributed by atoms with van der Waals surface area (Å²) in [6.07, 6.45) is -3.58. The number of imidazole rings is 1. The normalized spacial score (nSPS) is 25.9. The lowest BCUT2D eigenvalue weighted by molar-refractivity contribution is -0.0601. The van der Waals surface area contributed by atoms with Gasteiger partial charge in [-0.2, -0.15) is 0 Å². The van der Waals surface area contributed by atoms with Crippen LogP contribution in [0.25, 0.3) is 11.2 Å². The number of aromatic hydroxyl groups is 1. The van der Waals surface area contributed by atoms with E-state index in [0.717, 1.165) is 33.4 Å². The Kier molecular flexibility index (Phi) is 15.3. The minimum Gasteiger partial charge on any atom is -0.508 e. The van der Waals surface area contributed by atoms with Crippen LogP contribution in [-0.4, -0.2) is 103 Å². The number of H-pyrrole nitrogens is 1. The predicted molar refractivity (Wildman–Crippen MR) is 273 cm³/mol. The minimum atomic E-state index is -4.47. The number of aromatic nitrogens is 6. The van der Waals surface area contributed by atoms with Gasteiger partial charge in [-0.05, 0) is 58.2 Å². The van der Waals surface area contributed by atoms with Crippen molar-refractivity contribution in [1.29, 1.82) is 0 Å². The molecule has 3 aliphatic heterocycles. The number of rotatable bonds is 14. The lowest BCUT2D eigenvalue weighted by atomic mass is 10.0. The van der Waals surface area contributed by atoms with Gasteiger partial charge in [0.05, 0.1) is 19.5 Å². The maximum absolute atomic E-state index is 15.5. The van der Waals surface area contributed by atoms with E-state index in [1.165, 1.54) is 50.2 Å². The minimum absolute atomic E-state index is 0.0116. The highest BCUT2D eigenvalue weighted by Gasteiger charge is 2.53. The topological polar surface area (TPSA) is 295 Å². The summed E-state index contributed by atoms with van der Waals surface area (Å²) in [6, 6.07) is 26.4. The first kappa shape index (κ1) is 52.1. The number of benzene rings is 4. The number of nitrogen functional groups attached to an aromatic ring is 1. The third-order valence-electron chi connectivity index (χ3n) is 12.5. The van der Waals surface area contributed by atoms with Crippen LogP contribution in [0.2, 0.25) is 0 Å². The molecule has 4 N–H and O–H groups in total. The average Bonchev–Trinajstić information content (AvgIpc) is 4.14. The number of carbonyl (C=O) groups excluding carboxylic acids is 3. The fourth-order valence-electron chi connectivity index (χ4n) is 8.62. The number of methoxy groups -OCH3 is 1. The highest BCUT2D eigenvalue weighted by molar-refractivity contribution is 8.55. The molecule has 0 radical (unpaired) electrons. The van der Waals surface area contributed by atoms with Crippen LogP contribution in [0.4, 0.5) is 5.82 Å². The fourth-order valence-corrected chi connectivity index (χ4v) is 15.4. The van der Waals surface area contributed by atoms with Gasteiger partial charge in [-0.15, -0.1) is 0 Å². The fraction of sp³-hybridized carbons (Fsp3) is 0.265. The maximum atomic E-state index is 15.5. The van der Waals surface area contributed by atoms with E-state index in [2.05, 4.69) is 19.9 Å². The van der Waals surface area contributed by atoms with E-state index < -0.39 is 81.0 Å². The van der Waals surface area contributed by atoms with Crippen LogP contribution < -0.4 is 17.0 Å². The molecule has 10 rings (SSSR count). The first-order valence-electron chi connectivity index (χ1n) is 23.0. The van der Waals surface area contributed by atoms with Crippen molar-refractivity contribution >= 4 is 71.2 Å². The van der Waals surface area contributed by atoms with Crippen LogP contribution in [0.15, 0.2) is 132 Å². The summed E-state index contributed by atoms with van der Waals surface area (Å²) in [5.41, 5.74) is 8.38. The molecule has 6 heterocycles. The number of phenols is 1. The van der Waals surface area contributed by atoms with Crippen molar-refractivity contribution in [1.82, 2.24) is 29.1 Å². The number of phenolic OH excluding ortho intramolecular Hbond substituents is 1. The van der Waals surface area contributed by atoms with Crippen molar-refractivity contribution in [2.75, 3.05) is 26.1 Å². The Balaban J connectivity index is 0.967. The van der Waals surface area contributed by atoms with Gasteiger partial charge in [0.15, 0.2) is 29.3 Å². The molecule has 3 saturated heterocycles. The molecule has 9 atom stereocenters. The summed E-state index contributed by atoms with van der Waals surface area (Å²) in [5, 5.41) is 9.71. The molecule has 75 heavy (non-hydrogen) atoms. The molecule has 3 aromatic heterocycles. The third-order valence-corrected chi connectivity index (χ3v) is 19.9. The van der Waals surface area contributed by atoms with Gasteiger partial charge in [0.25, 0.3) is 5.56 Å². The number of nitrogens with zero attached hydrogens (tertiary/aromatic N) is 5. The lowest BCUT2D eigenvalue weighted by Gasteiger charge is -2.29. The zero-order chi connectivity index (χ0) is 52.4. The summed E-state index contributed by atoms with van der Waals surface area (Å²) >= 11 is 1.64. The van der Waals surface area contributed by atoms with E-state index in [-0.39, 0.29) is 41.1 Å². The molecule has 0 spiro atoms. The molecule has 7 aromatic rings. The monoisotopic (exact) mass is 1100 g/mol. The predicted octanol–water partition coefficient (Wildman–Crippen LogP) is 7.04. The van der Waals surface area contributed by atoms with Crippen LogP contribution in [0.3, 0.4) is 0 Å². The molecular weight excluding hydrogens is 1050 g/mol. The third kappa shape index (κ3) is 11.4. The summed E-state index contributed by atoms with van der Waals surface area (Å²) in [5.74, 6) is -0.340. The zero-order valence-electron chi connectivity index (χ0n) is 39.4. The number of nitrogens with two attached hydrogens (primary N) is 1. The molecule has 22 nitrogen and oxygen atoms in total. The van der Waals surface area contributed by atoms with Crippen molar-refractivity contribution < 1.29 is 60.9 Å². The largest absolute Gasteiger partial charge is 0.508 e. The number of carbonyl (C=O) groups is 3. The lowest BCUT2D eigenvalue weighted by Crippen LogP contribution is -2.39. The van der Waals surface area contributed by atoms with Crippen molar-refractivity contribution in [2.24, 2.45) is 0 Å². The summed E-state index contributed by atoms with van der Waals surface area (Å²) in [7, 11) is 1.34. The number of aldehydes is 1. The Morgan fingerprint density at radius 2 is 1.33 bits per heavy atom. The van der Waals surface area contributed by atoms with Gasteiger partial charge in [-0.3, -0.25) is 51.4 Å². The molecule has 2 bridgehead atoms. The molecule has 3 aliphatic rings. The summed E-state index contributed by atoms with van der Waals surface area (Å²) in [4.78, 5) is 78.3. The standard InChI is InChI=1S/C49H45N7O15P2S2/c1-65-44-38-23-67-72(63,74-24-29-4-10-32(11-5-29)42(60)31-8-2-28(21-57)3-9-31)70-36-20-40(56-27-53-41-46(50)51-26-52-47(41)56)68-37(36)22-66-73(64,71-45(44)48(69-38)55-19-18-39(59)54-49(55)62)75-25-30-6-12-33(13-7-30)43(61)34-14-16-35(58)17-15-34/h2-19,21,26-27,36-38,40,44-45,48,58H,20,22-25H2,1H3,(H2,50,51,52)(H,54,59,62)/t36-,37+,38+,40+,44+,45+,48+,72?,73?/m0/s1. The van der Waals surface area contributed by atoms with E-state index in [1.54, 1.807) is 77.4 Å². The Morgan fingerprint density at radius 3 is 1.92 bits per heavy atom. The SMILES string of the molecule is CO[C@H]1[C@H]2OP(=O)(SCc3ccc(C(=O)c4ccc(O)cc4)cc3)OC[C@H]3O[C@@H](n4cnc5c(N)ncnc54)C[C@@H]3OP(=O)(SCc3ccc(C(=O)c4ccc(C=O)cc4)cc3)OC[C@H]1O[C@H]2n1ccc(=O)[nH]c1=O. The summed E-state index contributed by atoms with van der Waals surface area (Å²) in [6.45, 7) is -9.77. The first-order valence-corrected chi connectivity index (χ1v) is 29.3. The van der Waals surface area contributed by atoms with Crippen LogP contribution in [0.5, 0.6) is 5.75 Å². The van der Waals surface area contributed by atoms with E-state index in [0.29, 0.717) is 56.4 Å². The molecule has 2 unspecified atom stereocenters. The number of nitrogens with one attached hydrogen (secondary N) is 1. The number of ether oxygens (including phenoxy) is 3. The number of hydrogen-bond acceptors (Lipinski definition) is 21. The number of fused-ring (bicyclic) bond motifs is 4. The Morgan fingerprint density at radius 1 is 0.760 bits per heavy atom. The highest BCUT2D eigenvalue weighted by atomic mass is 32.7. The molecule has 0 saturated carbocycles. The maximum Gasteiger partial charge on any atom is 0.390 e. The Labute approximate surface area is 433 Å². The molecular formula is C49H45N7O15P2S2. The van der Waals surface area contributed by atoms with Gasteiger partial charge < -0.3 is 25.1 Å². The molecule has 4 aromatic carbocycles. The van der Waals surface area contributed by atoms with Crippen LogP contribution >= 0.6 is 36.4 Å². The van der Waals surface area contributed by atoms with Crippen molar-refractivity contribution in [2.45, 2.75) is 60.9 Å². The van der Waals surface area contributed by atoms with E-state index >= 15 is 9.13 Å². The van der Waals surface area contributed by atoms with E-state index in [4.69, 9.17) is 38.0 Å². The van der Waals surface area contributed by atoms with Crippen molar-refractivity contribution in [3.05, 3.63) is 182 Å².